The molecular weight excluding hydrogens is 152 g/mol. The first-order chi connectivity index (χ1) is 4.84. The standard InChI is InChI=1S/C9H12Si.H2O/c1-3-10(2)9-7-5-4-6-8-9;/h3-8,10H,1H2,2H3;1H2. The summed E-state index contributed by atoms with van der Waals surface area (Å²) in [7, 11) is -0.776. The Morgan fingerprint density at radius 1 is 1.27 bits per heavy atom. The van der Waals surface area contributed by atoms with E-state index in [1.165, 1.54) is 5.19 Å². The van der Waals surface area contributed by atoms with Crippen molar-refractivity contribution in [2.75, 3.05) is 0 Å². The third-order valence-corrected chi connectivity index (χ3v) is 3.82. The third kappa shape index (κ3) is 2.70. The van der Waals surface area contributed by atoms with Crippen LogP contribution >= 0.6 is 0 Å². The minimum atomic E-state index is -0.776. The van der Waals surface area contributed by atoms with Crippen molar-refractivity contribution in [1.29, 1.82) is 0 Å². The van der Waals surface area contributed by atoms with E-state index >= 15 is 0 Å². The Kier molecular flexibility index (Phi) is 4.49. The van der Waals surface area contributed by atoms with Gasteiger partial charge in [0.15, 0.2) is 0 Å². The van der Waals surface area contributed by atoms with Gasteiger partial charge in [-0.25, -0.2) is 0 Å². The molecule has 1 aromatic carbocycles. The summed E-state index contributed by atoms with van der Waals surface area (Å²) in [6.45, 7) is 6.08. The van der Waals surface area contributed by atoms with Gasteiger partial charge in [-0.15, -0.1) is 12.3 Å². The van der Waals surface area contributed by atoms with Crippen molar-refractivity contribution >= 4 is 14.0 Å². The summed E-state index contributed by atoms with van der Waals surface area (Å²) >= 11 is 0. The lowest BCUT2D eigenvalue weighted by Gasteiger charge is -2.01. The molecule has 0 aromatic heterocycles. The molecule has 0 aliphatic carbocycles. The van der Waals surface area contributed by atoms with Crippen LogP contribution in [-0.4, -0.2) is 14.3 Å². The minimum absolute atomic E-state index is 0. The van der Waals surface area contributed by atoms with E-state index in [9.17, 15) is 0 Å². The van der Waals surface area contributed by atoms with Gasteiger partial charge in [-0.1, -0.05) is 42.1 Å². The molecule has 1 unspecified atom stereocenters. The normalized spacial score (nSPS) is 11.4. The second-order valence-electron chi connectivity index (χ2n) is 2.44. The van der Waals surface area contributed by atoms with Crippen LogP contribution in [0.5, 0.6) is 0 Å². The molecule has 2 N–H and O–H groups in total. The first-order valence-electron chi connectivity index (χ1n) is 3.52. The molecule has 1 atom stereocenters. The summed E-state index contributed by atoms with van der Waals surface area (Å²) < 4.78 is 0. The van der Waals surface area contributed by atoms with E-state index < -0.39 is 8.80 Å². The van der Waals surface area contributed by atoms with E-state index in [1.807, 2.05) is 6.07 Å². The van der Waals surface area contributed by atoms with Gasteiger partial charge in [-0.2, -0.15) is 0 Å². The fourth-order valence-electron chi connectivity index (χ4n) is 0.893. The first-order valence-corrected chi connectivity index (χ1v) is 5.92. The Balaban J connectivity index is 0.000001000. The molecule has 0 radical (unpaired) electrons. The van der Waals surface area contributed by atoms with Gasteiger partial charge in [0.25, 0.3) is 0 Å². The maximum Gasteiger partial charge on any atom is 0.0903 e. The van der Waals surface area contributed by atoms with Gasteiger partial charge in [0.1, 0.15) is 0 Å². The molecule has 0 aliphatic heterocycles. The van der Waals surface area contributed by atoms with Gasteiger partial charge >= 0.3 is 0 Å². The molecular formula is C9H14OSi. The van der Waals surface area contributed by atoms with Crippen LogP contribution in [0, 0.1) is 0 Å². The zero-order chi connectivity index (χ0) is 7.40. The summed E-state index contributed by atoms with van der Waals surface area (Å²) in [5.74, 6) is 0. The average Bonchev–Trinajstić information content (AvgIpc) is 2.05. The lowest BCUT2D eigenvalue weighted by molar-refractivity contribution is 0.824. The second kappa shape index (κ2) is 4.88. The number of hydrogen-bond acceptors (Lipinski definition) is 0. The van der Waals surface area contributed by atoms with Crippen molar-refractivity contribution in [3.05, 3.63) is 42.6 Å². The van der Waals surface area contributed by atoms with Crippen LogP contribution in [-0.2, 0) is 0 Å². The van der Waals surface area contributed by atoms with Gasteiger partial charge in [-0.05, 0) is 0 Å². The summed E-state index contributed by atoms with van der Waals surface area (Å²) in [5, 5.41) is 1.47. The SMILES string of the molecule is C=C[SiH](C)c1ccccc1.O. The first kappa shape index (κ1) is 10.1. The second-order valence-corrected chi connectivity index (χ2v) is 5.15. The molecule has 60 valence electrons. The van der Waals surface area contributed by atoms with E-state index in [0.717, 1.165) is 0 Å². The van der Waals surface area contributed by atoms with Crippen molar-refractivity contribution < 1.29 is 5.48 Å². The van der Waals surface area contributed by atoms with Crippen molar-refractivity contribution in [3.63, 3.8) is 0 Å². The largest absolute Gasteiger partial charge is 0.412 e. The zero-order valence-corrected chi connectivity index (χ0v) is 7.90. The molecule has 0 aliphatic rings. The Hall–Kier alpha value is -0.863. The highest BCUT2D eigenvalue weighted by molar-refractivity contribution is 6.76. The number of benzene rings is 1. The van der Waals surface area contributed by atoms with Crippen molar-refractivity contribution in [1.82, 2.24) is 0 Å². The fourth-order valence-corrected chi connectivity index (χ4v) is 1.99. The predicted molar refractivity (Wildman–Crippen MR) is 52.9 cm³/mol. The average molecular weight is 166 g/mol. The van der Waals surface area contributed by atoms with Gasteiger partial charge in [0.2, 0.25) is 0 Å². The van der Waals surface area contributed by atoms with Gasteiger partial charge < -0.3 is 5.48 Å². The molecule has 0 spiro atoms. The summed E-state index contributed by atoms with van der Waals surface area (Å²) in [4.78, 5) is 0. The van der Waals surface area contributed by atoms with Crippen molar-refractivity contribution in [2.24, 2.45) is 0 Å². The molecule has 0 heterocycles. The molecule has 2 heteroatoms. The number of rotatable bonds is 2. The molecule has 0 amide bonds. The van der Waals surface area contributed by atoms with Crippen LogP contribution in [0.1, 0.15) is 0 Å². The monoisotopic (exact) mass is 166 g/mol. The molecule has 1 aromatic rings. The topological polar surface area (TPSA) is 31.5 Å². The molecule has 0 saturated heterocycles. The number of hydrogen-bond donors (Lipinski definition) is 0. The highest BCUT2D eigenvalue weighted by atomic mass is 28.3. The van der Waals surface area contributed by atoms with E-state index in [2.05, 4.69) is 43.1 Å². The van der Waals surface area contributed by atoms with Gasteiger partial charge in [0, 0.05) is 0 Å². The Morgan fingerprint density at radius 2 is 1.82 bits per heavy atom. The highest BCUT2D eigenvalue weighted by Crippen LogP contribution is 1.87. The molecule has 11 heavy (non-hydrogen) atoms. The van der Waals surface area contributed by atoms with Gasteiger partial charge in [0.05, 0.1) is 8.80 Å². The molecule has 1 nitrogen and oxygen atoms in total. The Morgan fingerprint density at radius 3 is 2.27 bits per heavy atom. The van der Waals surface area contributed by atoms with Crippen LogP contribution in [0.3, 0.4) is 0 Å². The maximum absolute atomic E-state index is 3.80. The predicted octanol–water partition coefficient (Wildman–Crippen LogP) is 0.651. The van der Waals surface area contributed by atoms with Crippen LogP contribution in [0.25, 0.3) is 0 Å². The highest BCUT2D eigenvalue weighted by Gasteiger charge is 1.98. The van der Waals surface area contributed by atoms with Crippen LogP contribution in [0.2, 0.25) is 6.55 Å². The quantitative estimate of drug-likeness (QED) is 0.578. The molecule has 0 bridgehead atoms. The minimum Gasteiger partial charge on any atom is -0.412 e. The lowest BCUT2D eigenvalue weighted by Crippen LogP contribution is -2.23. The van der Waals surface area contributed by atoms with E-state index in [-0.39, 0.29) is 5.48 Å². The van der Waals surface area contributed by atoms with E-state index in [1.54, 1.807) is 0 Å². The van der Waals surface area contributed by atoms with Crippen molar-refractivity contribution in [3.8, 4) is 0 Å². The summed E-state index contributed by atoms with van der Waals surface area (Å²) in [6.07, 6.45) is 0. The smallest absolute Gasteiger partial charge is 0.0903 e. The third-order valence-electron chi connectivity index (χ3n) is 1.68. The van der Waals surface area contributed by atoms with E-state index in [4.69, 9.17) is 0 Å². The molecule has 0 saturated carbocycles. The van der Waals surface area contributed by atoms with E-state index in [0.29, 0.717) is 0 Å². The maximum atomic E-state index is 3.80. The van der Waals surface area contributed by atoms with Gasteiger partial charge in [-0.3, -0.25) is 0 Å². The lowest BCUT2D eigenvalue weighted by atomic mass is 10.4. The van der Waals surface area contributed by atoms with Crippen molar-refractivity contribution in [2.45, 2.75) is 6.55 Å². The van der Waals surface area contributed by atoms with Crippen LogP contribution in [0.4, 0.5) is 0 Å². The Bertz CT molecular complexity index is 208. The zero-order valence-electron chi connectivity index (χ0n) is 6.75. The Labute approximate surface area is 69.3 Å². The van der Waals surface area contributed by atoms with Crippen LogP contribution < -0.4 is 5.19 Å². The summed E-state index contributed by atoms with van der Waals surface area (Å²) in [6, 6.07) is 10.6. The summed E-state index contributed by atoms with van der Waals surface area (Å²) in [5.41, 5.74) is 2.09. The fraction of sp³-hybridized carbons (Fsp3) is 0.111. The molecule has 0 fully saturated rings. The van der Waals surface area contributed by atoms with Crippen LogP contribution in [0.15, 0.2) is 42.6 Å². The molecule has 1 rings (SSSR count).